The van der Waals surface area contributed by atoms with Crippen LogP contribution in [0.15, 0.2) is 54.7 Å². The summed E-state index contributed by atoms with van der Waals surface area (Å²) in [6.45, 7) is 7.33. The number of carbonyl (C=O) groups is 1. The number of H-pyrrole nitrogens is 1. The highest BCUT2D eigenvalue weighted by molar-refractivity contribution is 5.95. The predicted molar refractivity (Wildman–Crippen MR) is 112 cm³/mol. The van der Waals surface area contributed by atoms with Gasteiger partial charge in [0.1, 0.15) is 5.69 Å². The SMILES string of the molecule is CCn1nccc1C(=O)NCc1cc(C)cc2c(C)c(-c3ccccc3)[nH]c12. The summed E-state index contributed by atoms with van der Waals surface area (Å²) in [6, 6.07) is 16.4. The maximum atomic E-state index is 12.6. The number of benzene rings is 2. The van der Waals surface area contributed by atoms with E-state index in [4.69, 9.17) is 0 Å². The second-order valence-electron chi connectivity index (χ2n) is 7.05. The summed E-state index contributed by atoms with van der Waals surface area (Å²) in [7, 11) is 0. The molecule has 0 bridgehead atoms. The highest BCUT2D eigenvalue weighted by atomic mass is 16.2. The molecule has 2 N–H and O–H groups in total. The summed E-state index contributed by atoms with van der Waals surface area (Å²) in [5.74, 6) is -0.111. The first-order valence-corrected chi connectivity index (χ1v) is 9.55. The van der Waals surface area contributed by atoms with Crippen LogP contribution < -0.4 is 5.32 Å². The Morgan fingerprint density at radius 2 is 1.93 bits per heavy atom. The van der Waals surface area contributed by atoms with Crippen molar-refractivity contribution < 1.29 is 4.79 Å². The normalized spacial score (nSPS) is 11.1. The Hall–Kier alpha value is -3.34. The Morgan fingerprint density at radius 1 is 1.14 bits per heavy atom. The van der Waals surface area contributed by atoms with Crippen LogP contribution in [0.3, 0.4) is 0 Å². The van der Waals surface area contributed by atoms with Crippen LogP contribution in [0, 0.1) is 13.8 Å². The van der Waals surface area contributed by atoms with E-state index in [-0.39, 0.29) is 5.91 Å². The van der Waals surface area contributed by atoms with Crippen molar-refractivity contribution in [2.75, 3.05) is 0 Å². The van der Waals surface area contributed by atoms with E-state index in [1.165, 1.54) is 16.5 Å². The highest BCUT2D eigenvalue weighted by Gasteiger charge is 2.15. The van der Waals surface area contributed by atoms with Crippen LogP contribution >= 0.6 is 0 Å². The molecule has 0 aliphatic heterocycles. The van der Waals surface area contributed by atoms with Crippen molar-refractivity contribution in [1.29, 1.82) is 0 Å². The lowest BCUT2D eigenvalue weighted by Crippen LogP contribution is -2.25. The number of aromatic nitrogens is 3. The van der Waals surface area contributed by atoms with E-state index in [9.17, 15) is 4.79 Å². The number of aryl methyl sites for hydroxylation is 3. The monoisotopic (exact) mass is 372 g/mol. The van der Waals surface area contributed by atoms with E-state index in [1.807, 2.05) is 25.1 Å². The Bertz CT molecular complexity index is 1140. The second-order valence-corrected chi connectivity index (χ2v) is 7.05. The standard InChI is InChI=1S/C23H24N4O/c1-4-27-20(10-11-25-27)23(28)24-14-18-12-15(2)13-19-16(3)21(26-22(18)19)17-8-6-5-7-9-17/h5-13,26H,4,14H2,1-3H3,(H,24,28). The number of hydrogen-bond donors (Lipinski definition) is 2. The lowest BCUT2D eigenvalue weighted by Gasteiger charge is -2.09. The van der Waals surface area contributed by atoms with Crippen LogP contribution in [-0.4, -0.2) is 20.7 Å². The maximum absolute atomic E-state index is 12.6. The Morgan fingerprint density at radius 3 is 2.68 bits per heavy atom. The lowest BCUT2D eigenvalue weighted by atomic mass is 10.0. The fraction of sp³-hybridized carbons (Fsp3) is 0.217. The molecule has 28 heavy (non-hydrogen) atoms. The van der Waals surface area contributed by atoms with Crippen molar-refractivity contribution >= 4 is 16.8 Å². The van der Waals surface area contributed by atoms with Gasteiger partial charge in [-0.1, -0.05) is 42.0 Å². The molecule has 5 nitrogen and oxygen atoms in total. The molecule has 1 amide bonds. The summed E-state index contributed by atoms with van der Waals surface area (Å²) < 4.78 is 1.70. The van der Waals surface area contributed by atoms with E-state index < -0.39 is 0 Å². The van der Waals surface area contributed by atoms with Gasteiger partial charge >= 0.3 is 0 Å². The zero-order valence-corrected chi connectivity index (χ0v) is 16.4. The molecule has 4 aromatic rings. The average molecular weight is 372 g/mol. The quantitative estimate of drug-likeness (QED) is 0.538. The van der Waals surface area contributed by atoms with Crippen LogP contribution in [0.2, 0.25) is 0 Å². The van der Waals surface area contributed by atoms with Gasteiger partial charge in [-0.25, -0.2) is 0 Å². The molecule has 5 heteroatoms. The largest absolute Gasteiger partial charge is 0.354 e. The molecule has 0 saturated carbocycles. The van der Waals surface area contributed by atoms with Gasteiger partial charge in [0.25, 0.3) is 5.91 Å². The minimum atomic E-state index is -0.111. The summed E-state index contributed by atoms with van der Waals surface area (Å²) in [6.07, 6.45) is 1.66. The maximum Gasteiger partial charge on any atom is 0.269 e. The molecule has 142 valence electrons. The highest BCUT2D eigenvalue weighted by Crippen LogP contribution is 2.32. The van der Waals surface area contributed by atoms with Gasteiger partial charge < -0.3 is 10.3 Å². The van der Waals surface area contributed by atoms with E-state index in [0.29, 0.717) is 18.8 Å². The van der Waals surface area contributed by atoms with Crippen molar-refractivity contribution in [3.05, 3.63) is 77.1 Å². The third-order valence-corrected chi connectivity index (χ3v) is 5.14. The third kappa shape index (κ3) is 3.20. The minimum absolute atomic E-state index is 0.111. The first-order valence-electron chi connectivity index (χ1n) is 9.55. The second kappa shape index (κ2) is 7.35. The third-order valence-electron chi connectivity index (χ3n) is 5.14. The molecule has 0 spiro atoms. The minimum Gasteiger partial charge on any atom is -0.354 e. The number of fused-ring (bicyclic) bond motifs is 1. The van der Waals surface area contributed by atoms with Crippen molar-refractivity contribution in [2.45, 2.75) is 33.9 Å². The Kier molecular flexibility index (Phi) is 4.74. The summed E-state index contributed by atoms with van der Waals surface area (Å²) in [4.78, 5) is 16.2. The van der Waals surface area contributed by atoms with Gasteiger partial charge in [0.15, 0.2) is 0 Å². The molecule has 2 aromatic carbocycles. The molecule has 4 rings (SSSR count). The van der Waals surface area contributed by atoms with Crippen LogP contribution in [0.1, 0.15) is 34.1 Å². The van der Waals surface area contributed by atoms with Gasteiger partial charge in [-0.05, 0) is 49.6 Å². The zero-order valence-electron chi connectivity index (χ0n) is 16.4. The number of nitrogens with zero attached hydrogens (tertiary/aromatic N) is 2. The number of nitrogens with one attached hydrogen (secondary N) is 2. The van der Waals surface area contributed by atoms with Gasteiger partial charge in [-0.2, -0.15) is 5.10 Å². The van der Waals surface area contributed by atoms with Crippen molar-refractivity contribution in [2.24, 2.45) is 0 Å². The number of carbonyl (C=O) groups excluding carboxylic acids is 1. The molecule has 0 unspecified atom stereocenters. The van der Waals surface area contributed by atoms with Gasteiger partial charge in [0.05, 0.1) is 5.52 Å². The first-order chi connectivity index (χ1) is 13.6. The molecule has 0 aliphatic rings. The number of rotatable bonds is 5. The number of amides is 1. The number of aromatic amines is 1. The van der Waals surface area contributed by atoms with Crippen LogP contribution in [0.25, 0.3) is 22.2 Å². The lowest BCUT2D eigenvalue weighted by molar-refractivity contribution is 0.0940. The molecule has 0 aliphatic carbocycles. The Balaban J connectivity index is 1.68. The average Bonchev–Trinajstić information content (AvgIpc) is 3.31. The fourth-order valence-electron chi connectivity index (χ4n) is 3.73. The van der Waals surface area contributed by atoms with Gasteiger partial charge in [0.2, 0.25) is 0 Å². The van der Waals surface area contributed by atoms with Crippen molar-refractivity contribution in [1.82, 2.24) is 20.1 Å². The van der Waals surface area contributed by atoms with Gasteiger partial charge in [-0.15, -0.1) is 0 Å². The summed E-state index contributed by atoms with van der Waals surface area (Å²) in [5.41, 5.74) is 7.42. The van der Waals surface area contributed by atoms with E-state index in [2.05, 4.69) is 53.5 Å². The van der Waals surface area contributed by atoms with Gasteiger partial charge in [-0.3, -0.25) is 9.48 Å². The van der Waals surface area contributed by atoms with E-state index in [0.717, 1.165) is 22.3 Å². The molecule has 0 saturated heterocycles. The van der Waals surface area contributed by atoms with E-state index >= 15 is 0 Å². The summed E-state index contributed by atoms with van der Waals surface area (Å²) >= 11 is 0. The molecule has 0 radical (unpaired) electrons. The van der Waals surface area contributed by atoms with Crippen molar-refractivity contribution in [3.8, 4) is 11.3 Å². The van der Waals surface area contributed by atoms with Gasteiger partial charge in [0, 0.05) is 30.4 Å². The fourth-order valence-corrected chi connectivity index (χ4v) is 3.73. The van der Waals surface area contributed by atoms with Crippen LogP contribution in [0.4, 0.5) is 0 Å². The molecule has 0 fully saturated rings. The zero-order chi connectivity index (χ0) is 19.7. The van der Waals surface area contributed by atoms with Crippen LogP contribution in [0.5, 0.6) is 0 Å². The van der Waals surface area contributed by atoms with Crippen LogP contribution in [-0.2, 0) is 13.1 Å². The first kappa shape index (κ1) is 18.0. The van der Waals surface area contributed by atoms with E-state index in [1.54, 1.807) is 16.9 Å². The van der Waals surface area contributed by atoms with Crippen molar-refractivity contribution in [3.63, 3.8) is 0 Å². The molecule has 2 aromatic heterocycles. The Labute approximate surface area is 164 Å². The molecule has 2 heterocycles. The topological polar surface area (TPSA) is 62.7 Å². The predicted octanol–water partition coefficient (Wildman–Crippen LogP) is 4.60. The summed E-state index contributed by atoms with van der Waals surface area (Å²) in [5, 5.41) is 8.41. The number of hydrogen-bond acceptors (Lipinski definition) is 2. The smallest absolute Gasteiger partial charge is 0.269 e. The molecule has 0 atom stereocenters. The molecular formula is C23H24N4O. The molecular weight excluding hydrogens is 348 g/mol.